The van der Waals surface area contributed by atoms with Gasteiger partial charge in [0.05, 0.1) is 18.7 Å². The molecule has 0 aromatic heterocycles. The molecule has 1 aromatic rings. The molecule has 2 rings (SSSR count). The Labute approximate surface area is 147 Å². The van der Waals surface area contributed by atoms with Gasteiger partial charge in [-0.1, -0.05) is 29.8 Å². The molecular formula is C18H24FN3OS. The number of likely N-dealkylation sites (tertiary alicyclic amines) is 1. The third kappa shape index (κ3) is 4.28. The average molecular weight is 349 g/mol. The fraction of sp³-hybridized carbons (Fsp3) is 0.556. The molecule has 0 bridgehead atoms. The van der Waals surface area contributed by atoms with Crippen molar-refractivity contribution >= 4 is 17.7 Å². The number of carbonyl (C=O) groups excluding carboxylic acids is 1. The van der Waals surface area contributed by atoms with Crippen LogP contribution in [0.1, 0.15) is 31.4 Å². The number of halogens is 1. The maximum atomic E-state index is 13.5. The molecular weight excluding hydrogens is 325 g/mol. The standard InChI is InChI=1S/C18H24FN3OS/c1-12-4-6-13(7-5-12)11-24-18(2,3)16(21)17(23)22-10-14(19)8-15(22)9-20/h4-7,14-16H,8,10-11,21H2,1-3H3/t14-,15-,16+/m0/s1. The van der Waals surface area contributed by atoms with E-state index < -0.39 is 23.0 Å². The van der Waals surface area contributed by atoms with Crippen LogP contribution < -0.4 is 5.73 Å². The minimum Gasteiger partial charge on any atom is -0.322 e. The number of alkyl halides is 1. The number of rotatable bonds is 5. The Hall–Kier alpha value is -1.58. The lowest BCUT2D eigenvalue weighted by molar-refractivity contribution is -0.133. The molecule has 0 aliphatic carbocycles. The van der Waals surface area contributed by atoms with Gasteiger partial charge in [-0.2, -0.15) is 5.26 Å². The van der Waals surface area contributed by atoms with Gasteiger partial charge in [-0.05, 0) is 26.3 Å². The number of carbonyl (C=O) groups is 1. The number of aryl methyl sites for hydroxylation is 1. The van der Waals surface area contributed by atoms with Gasteiger partial charge < -0.3 is 10.6 Å². The zero-order valence-corrected chi connectivity index (χ0v) is 15.1. The molecule has 1 aliphatic rings. The summed E-state index contributed by atoms with van der Waals surface area (Å²) in [6.45, 7) is 5.83. The summed E-state index contributed by atoms with van der Waals surface area (Å²) < 4.78 is 13.0. The van der Waals surface area contributed by atoms with Crippen LogP contribution in [0.15, 0.2) is 24.3 Å². The van der Waals surface area contributed by atoms with Gasteiger partial charge >= 0.3 is 0 Å². The van der Waals surface area contributed by atoms with E-state index in [2.05, 4.69) is 24.3 Å². The predicted octanol–water partition coefficient (Wildman–Crippen LogP) is 2.80. The smallest absolute Gasteiger partial charge is 0.242 e. The van der Waals surface area contributed by atoms with Crippen molar-refractivity contribution in [1.82, 2.24) is 4.90 Å². The van der Waals surface area contributed by atoms with E-state index in [0.717, 1.165) is 5.75 Å². The summed E-state index contributed by atoms with van der Waals surface area (Å²) in [6.07, 6.45) is -1.07. The molecule has 0 saturated carbocycles. The number of benzene rings is 1. The molecule has 1 aliphatic heterocycles. The lowest BCUT2D eigenvalue weighted by atomic mass is 10.0. The Kier molecular flexibility index (Phi) is 5.89. The fourth-order valence-electron chi connectivity index (χ4n) is 2.67. The summed E-state index contributed by atoms with van der Waals surface area (Å²) in [5.74, 6) is 0.393. The van der Waals surface area contributed by atoms with Crippen LogP contribution in [-0.2, 0) is 10.5 Å². The van der Waals surface area contributed by atoms with Crippen LogP contribution in [0.5, 0.6) is 0 Å². The van der Waals surface area contributed by atoms with E-state index in [1.807, 2.05) is 26.8 Å². The molecule has 1 amide bonds. The maximum absolute atomic E-state index is 13.5. The van der Waals surface area contributed by atoms with Gasteiger partial charge in [-0.3, -0.25) is 4.79 Å². The largest absolute Gasteiger partial charge is 0.322 e. The van der Waals surface area contributed by atoms with Crippen molar-refractivity contribution in [3.63, 3.8) is 0 Å². The van der Waals surface area contributed by atoms with E-state index in [4.69, 9.17) is 11.0 Å². The quantitative estimate of drug-likeness (QED) is 0.887. The van der Waals surface area contributed by atoms with E-state index in [9.17, 15) is 9.18 Å². The average Bonchev–Trinajstić information content (AvgIpc) is 2.94. The van der Waals surface area contributed by atoms with Crippen LogP contribution in [0.3, 0.4) is 0 Å². The molecule has 1 saturated heterocycles. The molecule has 0 unspecified atom stereocenters. The second-order valence-electron chi connectivity index (χ2n) is 6.82. The monoisotopic (exact) mass is 349 g/mol. The Bertz CT molecular complexity index is 626. The second kappa shape index (κ2) is 7.54. The molecule has 2 N–H and O–H groups in total. The molecule has 1 fully saturated rings. The van der Waals surface area contributed by atoms with E-state index in [1.54, 1.807) is 11.8 Å². The lowest BCUT2D eigenvalue weighted by Gasteiger charge is -2.33. The Morgan fingerprint density at radius 3 is 2.71 bits per heavy atom. The number of hydrogen-bond acceptors (Lipinski definition) is 4. The van der Waals surface area contributed by atoms with Gasteiger partial charge in [0.1, 0.15) is 12.2 Å². The minimum atomic E-state index is -1.14. The SMILES string of the molecule is Cc1ccc(CSC(C)(C)[C@H](N)C(=O)N2C[C@@H](F)C[C@H]2C#N)cc1. The van der Waals surface area contributed by atoms with Crippen LogP contribution in [-0.4, -0.2) is 40.4 Å². The molecule has 24 heavy (non-hydrogen) atoms. The number of nitriles is 1. The molecule has 4 nitrogen and oxygen atoms in total. The first-order chi connectivity index (χ1) is 11.2. The van der Waals surface area contributed by atoms with Crippen LogP contribution in [0, 0.1) is 18.3 Å². The molecule has 130 valence electrons. The van der Waals surface area contributed by atoms with Gasteiger partial charge in [-0.15, -0.1) is 11.8 Å². The summed E-state index contributed by atoms with van der Waals surface area (Å²) in [5.41, 5.74) is 8.55. The van der Waals surface area contributed by atoms with E-state index >= 15 is 0 Å². The van der Waals surface area contributed by atoms with E-state index in [0.29, 0.717) is 0 Å². The van der Waals surface area contributed by atoms with Crippen LogP contribution in [0.4, 0.5) is 4.39 Å². The highest BCUT2D eigenvalue weighted by molar-refractivity contribution is 7.99. The molecule has 0 radical (unpaired) electrons. The Morgan fingerprint density at radius 2 is 2.12 bits per heavy atom. The molecule has 1 aromatic carbocycles. The number of amides is 1. The van der Waals surface area contributed by atoms with Crippen molar-refractivity contribution in [3.8, 4) is 6.07 Å². The van der Waals surface area contributed by atoms with Crippen molar-refractivity contribution < 1.29 is 9.18 Å². The number of hydrogen-bond donors (Lipinski definition) is 1. The van der Waals surface area contributed by atoms with Crippen molar-refractivity contribution in [1.29, 1.82) is 5.26 Å². The van der Waals surface area contributed by atoms with Crippen molar-refractivity contribution in [2.24, 2.45) is 5.73 Å². The van der Waals surface area contributed by atoms with Gasteiger partial charge in [0.25, 0.3) is 0 Å². The maximum Gasteiger partial charge on any atom is 0.242 e. The summed E-state index contributed by atoms with van der Waals surface area (Å²) in [7, 11) is 0. The fourth-order valence-corrected chi connectivity index (χ4v) is 3.68. The molecule has 1 heterocycles. The number of nitrogens with zero attached hydrogens (tertiary/aromatic N) is 2. The van der Waals surface area contributed by atoms with Gasteiger partial charge in [0, 0.05) is 16.9 Å². The van der Waals surface area contributed by atoms with Crippen LogP contribution >= 0.6 is 11.8 Å². The van der Waals surface area contributed by atoms with E-state index in [-0.39, 0.29) is 18.9 Å². The Balaban J connectivity index is 2.01. The first-order valence-corrected chi connectivity index (χ1v) is 9.02. The molecule has 0 spiro atoms. The zero-order valence-electron chi connectivity index (χ0n) is 14.3. The third-order valence-electron chi connectivity index (χ3n) is 4.43. The first kappa shape index (κ1) is 18.8. The van der Waals surface area contributed by atoms with Crippen LogP contribution in [0.25, 0.3) is 0 Å². The second-order valence-corrected chi connectivity index (χ2v) is 8.45. The summed E-state index contributed by atoms with van der Waals surface area (Å²) >= 11 is 1.59. The zero-order chi connectivity index (χ0) is 17.9. The van der Waals surface area contributed by atoms with Crippen molar-refractivity contribution in [3.05, 3.63) is 35.4 Å². The van der Waals surface area contributed by atoms with Crippen LogP contribution in [0.2, 0.25) is 0 Å². The summed E-state index contributed by atoms with van der Waals surface area (Å²) in [4.78, 5) is 13.9. The normalized spacial score (nSPS) is 22.2. The first-order valence-electron chi connectivity index (χ1n) is 8.04. The Morgan fingerprint density at radius 1 is 1.50 bits per heavy atom. The van der Waals surface area contributed by atoms with Crippen molar-refractivity contribution in [2.75, 3.05) is 6.54 Å². The summed E-state index contributed by atoms with van der Waals surface area (Å²) in [6, 6.07) is 8.73. The third-order valence-corrected chi connectivity index (χ3v) is 5.90. The van der Waals surface area contributed by atoms with Crippen molar-refractivity contribution in [2.45, 2.75) is 55.9 Å². The molecule has 3 atom stereocenters. The molecule has 6 heteroatoms. The highest BCUT2D eigenvalue weighted by Crippen LogP contribution is 2.32. The van der Waals surface area contributed by atoms with Gasteiger partial charge in [0.15, 0.2) is 0 Å². The predicted molar refractivity (Wildman–Crippen MR) is 95.2 cm³/mol. The lowest BCUT2D eigenvalue weighted by Crippen LogP contribution is -2.54. The number of thioether (sulfide) groups is 1. The number of nitrogens with two attached hydrogens (primary N) is 1. The highest BCUT2D eigenvalue weighted by atomic mass is 32.2. The van der Waals surface area contributed by atoms with E-state index in [1.165, 1.54) is 16.0 Å². The van der Waals surface area contributed by atoms with Gasteiger partial charge in [-0.25, -0.2) is 4.39 Å². The summed E-state index contributed by atoms with van der Waals surface area (Å²) in [5, 5.41) is 9.11. The minimum absolute atomic E-state index is 0.0382. The topological polar surface area (TPSA) is 70.1 Å². The van der Waals surface area contributed by atoms with Gasteiger partial charge in [0.2, 0.25) is 5.91 Å². The highest BCUT2D eigenvalue weighted by Gasteiger charge is 2.42.